The summed E-state index contributed by atoms with van der Waals surface area (Å²) >= 11 is 0. The number of benzene rings is 2. The zero-order valence-corrected chi connectivity index (χ0v) is 19.5. The maximum Gasteiger partial charge on any atom is 0.573 e. The molecule has 1 aliphatic rings. The first kappa shape index (κ1) is 25.1. The van der Waals surface area contributed by atoms with E-state index >= 15 is 0 Å². The Morgan fingerprint density at radius 1 is 1.08 bits per heavy atom. The van der Waals surface area contributed by atoms with Crippen molar-refractivity contribution < 1.29 is 22.7 Å². The summed E-state index contributed by atoms with van der Waals surface area (Å²) in [5.41, 5.74) is 9.61. The molecule has 0 radical (unpaired) electrons. The second-order valence-corrected chi connectivity index (χ2v) is 8.69. The summed E-state index contributed by atoms with van der Waals surface area (Å²) in [4.78, 5) is 12.2. The number of aromatic nitrogens is 2. The van der Waals surface area contributed by atoms with Gasteiger partial charge in [-0.25, -0.2) is 4.68 Å². The molecular weight excluding hydrogens is 473 g/mol. The molecule has 0 aliphatic heterocycles. The fraction of sp³-hybridized carbons (Fsp3) is 0.320. The van der Waals surface area contributed by atoms with E-state index in [9.17, 15) is 18.0 Å². The molecule has 8 nitrogen and oxygen atoms in total. The number of hydrogen-bond acceptors (Lipinski definition) is 5. The molecule has 1 aromatic heterocycles. The third-order valence-electron chi connectivity index (χ3n) is 6.18. The van der Waals surface area contributed by atoms with Crippen LogP contribution in [0.4, 0.5) is 13.2 Å². The van der Waals surface area contributed by atoms with Crippen molar-refractivity contribution in [1.29, 1.82) is 0 Å². The second kappa shape index (κ2) is 10.7. The summed E-state index contributed by atoms with van der Waals surface area (Å²) in [6, 6.07) is 12.8. The van der Waals surface area contributed by atoms with Crippen LogP contribution >= 0.6 is 0 Å². The summed E-state index contributed by atoms with van der Waals surface area (Å²) in [6.45, 7) is 0. The van der Waals surface area contributed by atoms with Gasteiger partial charge in [0.15, 0.2) is 0 Å². The third-order valence-corrected chi connectivity index (χ3v) is 6.18. The monoisotopic (exact) mass is 500 g/mol. The van der Waals surface area contributed by atoms with Crippen LogP contribution in [0.25, 0.3) is 5.69 Å². The van der Waals surface area contributed by atoms with Crippen LogP contribution in [-0.2, 0) is 6.42 Å². The molecule has 1 heterocycles. The van der Waals surface area contributed by atoms with Gasteiger partial charge < -0.3 is 16.3 Å². The minimum absolute atomic E-state index is 0.174. The summed E-state index contributed by atoms with van der Waals surface area (Å²) in [6.07, 6.45) is 3.13. The highest BCUT2D eigenvalue weighted by Gasteiger charge is 2.31. The summed E-state index contributed by atoms with van der Waals surface area (Å²) in [7, 11) is 0. The number of nitrogens with zero attached hydrogens (tertiary/aromatic N) is 3. The number of hydrogen-bond donors (Lipinski definition) is 3. The lowest BCUT2D eigenvalue weighted by molar-refractivity contribution is -0.274. The molecule has 36 heavy (non-hydrogen) atoms. The normalized spacial score (nSPS) is 15.0. The molecule has 0 bridgehead atoms. The predicted octanol–water partition coefficient (Wildman–Crippen LogP) is 4.33. The summed E-state index contributed by atoms with van der Waals surface area (Å²) in [5, 5.41) is 10.2. The number of nitrogens with two attached hydrogens (primary N) is 2. The van der Waals surface area contributed by atoms with E-state index in [1.54, 1.807) is 24.3 Å². The maximum absolute atomic E-state index is 12.5. The number of amides is 1. The van der Waals surface area contributed by atoms with Crippen LogP contribution in [0.3, 0.4) is 0 Å². The van der Waals surface area contributed by atoms with Gasteiger partial charge in [0.1, 0.15) is 5.75 Å². The Hall–Kier alpha value is -4.02. The van der Waals surface area contributed by atoms with E-state index in [1.807, 2.05) is 23.0 Å². The van der Waals surface area contributed by atoms with E-state index in [-0.39, 0.29) is 11.7 Å². The van der Waals surface area contributed by atoms with Gasteiger partial charge in [0.2, 0.25) is 5.96 Å². The highest BCUT2D eigenvalue weighted by Crippen LogP contribution is 2.36. The molecule has 3 aromatic rings. The molecule has 0 unspecified atom stereocenters. The molecule has 5 N–H and O–H groups in total. The molecule has 190 valence electrons. The van der Waals surface area contributed by atoms with Gasteiger partial charge in [-0.3, -0.25) is 10.1 Å². The first-order valence-corrected chi connectivity index (χ1v) is 11.6. The Bertz CT molecular complexity index is 1210. The third kappa shape index (κ3) is 6.15. The Balaban J connectivity index is 1.59. The summed E-state index contributed by atoms with van der Waals surface area (Å²) < 4.78 is 43.5. The van der Waals surface area contributed by atoms with Crippen molar-refractivity contribution in [2.45, 2.75) is 50.8 Å². The largest absolute Gasteiger partial charge is 0.573 e. The van der Waals surface area contributed by atoms with Crippen molar-refractivity contribution in [3.05, 3.63) is 77.1 Å². The lowest BCUT2D eigenvalue weighted by atomic mass is 9.84. The Morgan fingerprint density at radius 3 is 2.36 bits per heavy atom. The number of nitrogens with one attached hydrogen (secondary N) is 1. The number of hydrazone groups is 1. The van der Waals surface area contributed by atoms with E-state index in [4.69, 9.17) is 11.6 Å². The van der Waals surface area contributed by atoms with Crippen LogP contribution in [0, 0.1) is 0 Å². The van der Waals surface area contributed by atoms with Crippen LogP contribution in [0.1, 0.15) is 65.2 Å². The second-order valence-electron chi connectivity index (χ2n) is 8.69. The molecule has 1 aliphatic carbocycles. The van der Waals surface area contributed by atoms with Crippen molar-refractivity contribution in [1.82, 2.24) is 15.1 Å². The highest BCUT2D eigenvalue weighted by atomic mass is 19.4. The van der Waals surface area contributed by atoms with Gasteiger partial charge in [-0.15, -0.1) is 18.3 Å². The van der Waals surface area contributed by atoms with E-state index in [0.29, 0.717) is 23.6 Å². The highest BCUT2D eigenvalue weighted by molar-refractivity contribution is 6.05. The minimum Gasteiger partial charge on any atom is -0.406 e. The van der Waals surface area contributed by atoms with Crippen molar-refractivity contribution >= 4 is 11.9 Å². The zero-order valence-electron chi connectivity index (χ0n) is 19.5. The molecular formula is C25H27F3N6O2. The number of halogens is 3. The number of guanidine groups is 1. The van der Waals surface area contributed by atoms with E-state index < -0.39 is 12.3 Å². The van der Waals surface area contributed by atoms with Gasteiger partial charge >= 0.3 is 6.36 Å². The van der Waals surface area contributed by atoms with Crippen LogP contribution in [0.2, 0.25) is 0 Å². The van der Waals surface area contributed by atoms with Crippen LogP contribution < -0.4 is 21.6 Å². The lowest BCUT2D eigenvalue weighted by Crippen LogP contribution is -2.37. The molecule has 0 atom stereocenters. The molecule has 0 saturated heterocycles. The fourth-order valence-electron chi connectivity index (χ4n) is 4.55. The topological polar surface area (TPSA) is 121 Å². The minimum atomic E-state index is -4.74. The number of alkyl halides is 3. The molecule has 0 spiro atoms. The van der Waals surface area contributed by atoms with Crippen LogP contribution in [0.5, 0.6) is 5.75 Å². The van der Waals surface area contributed by atoms with Crippen LogP contribution in [0.15, 0.2) is 59.8 Å². The molecule has 1 amide bonds. The van der Waals surface area contributed by atoms with Gasteiger partial charge in [0.05, 0.1) is 17.6 Å². The molecule has 2 aromatic carbocycles. The molecule has 4 rings (SSSR count). The van der Waals surface area contributed by atoms with Crippen molar-refractivity contribution in [2.24, 2.45) is 16.7 Å². The number of ether oxygens (including phenoxy) is 1. The average Bonchev–Trinajstić information content (AvgIpc) is 3.27. The van der Waals surface area contributed by atoms with E-state index in [1.165, 1.54) is 18.6 Å². The maximum atomic E-state index is 12.5. The Kier molecular flexibility index (Phi) is 7.47. The zero-order chi connectivity index (χ0) is 25.7. The SMILES string of the molecule is N/N=C(\N)NC(=O)c1ccc(Cc2cnn(-c3ccc(OC(F)(F)F)cc3)c2C2CCCCC2)cc1. The standard InChI is InChI=1S/C25H27F3N6O2/c26-25(27,28)36-21-12-10-20(11-13-21)34-22(17-4-2-1-3-5-17)19(15-31-34)14-16-6-8-18(9-7-16)23(35)32-24(29)33-30/h6-13,15,17H,1-5,14,30H2,(H3,29,32,33,35). The smallest absolute Gasteiger partial charge is 0.406 e. The van der Waals surface area contributed by atoms with Crippen LogP contribution in [-0.4, -0.2) is 28.0 Å². The summed E-state index contributed by atoms with van der Waals surface area (Å²) in [5.74, 6) is 4.48. The van der Waals surface area contributed by atoms with Gasteiger partial charge in [-0.2, -0.15) is 5.10 Å². The van der Waals surface area contributed by atoms with Crippen molar-refractivity contribution in [3.8, 4) is 11.4 Å². The van der Waals surface area contributed by atoms with Crippen molar-refractivity contribution in [2.75, 3.05) is 0 Å². The predicted molar refractivity (Wildman–Crippen MR) is 129 cm³/mol. The average molecular weight is 501 g/mol. The van der Waals surface area contributed by atoms with Gasteiger partial charge in [0, 0.05) is 17.9 Å². The number of rotatable bonds is 6. The number of carbonyl (C=O) groups excluding carboxylic acids is 1. The van der Waals surface area contributed by atoms with E-state index in [2.05, 4.69) is 20.3 Å². The van der Waals surface area contributed by atoms with Gasteiger partial charge in [0.25, 0.3) is 5.91 Å². The lowest BCUT2D eigenvalue weighted by Gasteiger charge is -2.24. The first-order valence-electron chi connectivity index (χ1n) is 11.6. The Morgan fingerprint density at radius 2 is 1.75 bits per heavy atom. The van der Waals surface area contributed by atoms with Gasteiger partial charge in [-0.05, 0) is 60.4 Å². The quantitative estimate of drug-likeness (QED) is 0.201. The molecule has 1 fully saturated rings. The fourth-order valence-corrected chi connectivity index (χ4v) is 4.55. The number of carbonyl (C=O) groups is 1. The molecule has 11 heteroatoms. The van der Waals surface area contributed by atoms with E-state index in [0.717, 1.165) is 42.5 Å². The first-order chi connectivity index (χ1) is 17.2. The molecule has 1 saturated carbocycles. The van der Waals surface area contributed by atoms with Crippen molar-refractivity contribution in [3.63, 3.8) is 0 Å². The Labute approximate surface area is 206 Å². The van der Waals surface area contributed by atoms with Gasteiger partial charge in [-0.1, -0.05) is 31.4 Å².